The number of nitro groups is 1. The van der Waals surface area contributed by atoms with Gasteiger partial charge in [-0.25, -0.2) is 0 Å². The van der Waals surface area contributed by atoms with Crippen molar-refractivity contribution in [3.63, 3.8) is 0 Å². The van der Waals surface area contributed by atoms with Gasteiger partial charge in [-0.3, -0.25) is 14.9 Å². The first-order valence-electron chi connectivity index (χ1n) is 5.92. The lowest BCUT2D eigenvalue weighted by Crippen LogP contribution is -2.20. The van der Waals surface area contributed by atoms with Crippen molar-refractivity contribution in [2.75, 3.05) is 6.61 Å². The summed E-state index contributed by atoms with van der Waals surface area (Å²) >= 11 is 3.27. The molecule has 0 heterocycles. The number of nitrogens with zero attached hydrogens (tertiary/aromatic N) is 1. The maximum atomic E-state index is 11.6. The molecular formula is C13H16BrNO4. The van der Waals surface area contributed by atoms with Gasteiger partial charge in [0.25, 0.3) is 5.69 Å². The van der Waals surface area contributed by atoms with Gasteiger partial charge >= 0.3 is 5.97 Å². The van der Waals surface area contributed by atoms with E-state index in [0.717, 1.165) is 11.1 Å². The van der Waals surface area contributed by atoms with Crippen LogP contribution in [0, 0.1) is 24.0 Å². The smallest absolute Gasteiger partial charge is 0.320 e. The molecule has 0 aliphatic carbocycles. The predicted octanol–water partition coefficient (Wildman–Crippen LogP) is 3.08. The molecule has 0 aromatic heterocycles. The van der Waals surface area contributed by atoms with E-state index < -0.39 is 9.75 Å². The fourth-order valence-electron chi connectivity index (χ4n) is 1.89. The maximum Gasteiger partial charge on any atom is 0.320 e. The molecule has 0 aliphatic rings. The van der Waals surface area contributed by atoms with Gasteiger partial charge in [-0.05, 0) is 38.3 Å². The number of halogens is 1. The number of esters is 1. The Labute approximate surface area is 120 Å². The van der Waals surface area contributed by atoms with Crippen molar-refractivity contribution in [2.24, 2.45) is 0 Å². The minimum atomic E-state index is -0.494. The second-order valence-electron chi connectivity index (χ2n) is 4.19. The van der Waals surface area contributed by atoms with Crippen LogP contribution in [0.5, 0.6) is 0 Å². The van der Waals surface area contributed by atoms with Gasteiger partial charge in [0.15, 0.2) is 0 Å². The van der Waals surface area contributed by atoms with E-state index in [-0.39, 0.29) is 11.7 Å². The zero-order chi connectivity index (χ0) is 14.6. The van der Waals surface area contributed by atoms with Crippen LogP contribution in [0.15, 0.2) is 12.1 Å². The average Bonchev–Trinajstić information content (AvgIpc) is 2.33. The molecule has 0 amide bonds. The molecule has 0 saturated heterocycles. The van der Waals surface area contributed by atoms with E-state index in [4.69, 9.17) is 4.74 Å². The van der Waals surface area contributed by atoms with E-state index in [1.54, 1.807) is 19.9 Å². The SMILES string of the molecule is CCOC(=O)C(Br)Cc1c(C)ccc([N+](=O)[O-])c1C. The lowest BCUT2D eigenvalue weighted by molar-refractivity contribution is -0.385. The summed E-state index contributed by atoms with van der Waals surface area (Å²) in [5, 5.41) is 10.9. The molecule has 1 aromatic carbocycles. The topological polar surface area (TPSA) is 69.4 Å². The molecule has 104 valence electrons. The largest absolute Gasteiger partial charge is 0.465 e. The summed E-state index contributed by atoms with van der Waals surface area (Å²) in [6.07, 6.45) is 0.373. The second-order valence-corrected chi connectivity index (χ2v) is 5.29. The van der Waals surface area contributed by atoms with Crippen LogP contribution in [-0.4, -0.2) is 22.3 Å². The zero-order valence-electron chi connectivity index (χ0n) is 11.1. The normalized spacial score (nSPS) is 12.0. The summed E-state index contributed by atoms with van der Waals surface area (Å²) in [6.45, 7) is 5.62. The van der Waals surface area contributed by atoms with Gasteiger partial charge < -0.3 is 4.74 Å². The van der Waals surface area contributed by atoms with E-state index in [1.165, 1.54) is 6.07 Å². The molecule has 0 aliphatic heterocycles. The van der Waals surface area contributed by atoms with E-state index >= 15 is 0 Å². The molecule has 0 radical (unpaired) electrons. The highest BCUT2D eigenvalue weighted by Crippen LogP contribution is 2.26. The quantitative estimate of drug-likeness (QED) is 0.360. The van der Waals surface area contributed by atoms with Crippen molar-refractivity contribution in [2.45, 2.75) is 32.0 Å². The van der Waals surface area contributed by atoms with Crippen molar-refractivity contribution in [1.29, 1.82) is 0 Å². The first-order chi connectivity index (χ1) is 8.88. The van der Waals surface area contributed by atoms with Gasteiger partial charge in [0.1, 0.15) is 4.83 Å². The molecule has 1 atom stereocenters. The molecule has 0 spiro atoms. The number of ether oxygens (including phenoxy) is 1. The third kappa shape index (κ3) is 3.76. The number of alkyl halides is 1. The standard InChI is InChI=1S/C13H16BrNO4/c1-4-19-13(16)11(14)7-10-8(2)5-6-12(9(10)3)15(17)18/h5-6,11H,4,7H2,1-3H3. The number of hydrogen-bond donors (Lipinski definition) is 0. The average molecular weight is 330 g/mol. The van der Waals surface area contributed by atoms with Gasteiger partial charge in [0, 0.05) is 11.6 Å². The highest BCUT2D eigenvalue weighted by Gasteiger charge is 2.22. The van der Waals surface area contributed by atoms with Gasteiger partial charge in [-0.1, -0.05) is 22.0 Å². The van der Waals surface area contributed by atoms with Crippen LogP contribution in [0.2, 0.25) is 0 Å². The number of aryl methyl sites for hydroxylation is 1. The van der Waals surface area contributed by atoms with Crippen LogP contribution in [0.25, 0.3) is 0 Å². The minimum absolute atomic E-state index is 0.0733. The van der Waals surface area contributed by atoms with Crippen LogP contribution >= 0.6 is 15.9 Å². The van der Waals surface area contributed by atoms with E-state index in [2.05, 4.69) is 15.9 Å². The maximum absolute atomic E-state index is 11.6. The van der Waals surface area contributed by atoms with Crippen LogP contribution in [-0.2, 0) is 16.0 Å². The Balaban J connectivity index is 3.03. The first kappa shape index (κ1) is 15.6. The van der Waals surface area contributed by atoms with Crippen LogP contribution in [0.4, 0.5) is 5.69 Å². The Kier molecular flexibility index (Phi) is 5.47. The second kappa shape index (κ2) is 6.65. The molecule has 5 nitrogen and oxygen atoms in total. The lowest BCUT2D eigenvalue weighted by atomic mass is 9.97. The van der Waals surface area contributed by atoms with Gasteiger partial charge in [0.2, 0.25) is 0 Å². The third-order valence-corrected chi connectivity index (χ3v) is 3.62. The Morgan fingerprint density at radius 2 is 2.11 bits per heavy atom. The predicted molar refractivity (Wildman–Crippen MR) is 75.6 cm³/mol. The van der Waals surface area contributed by atoms with Crippen molar-refractivity contribution < 1.29 is 14.5 Å². The molecular weight excluding hydrogens is 314 g/mol. The van der Waals surface area contributed by atoms with Gasteiger partial charge in [-0.2, -0.15) is 0 Å². The minimum Gasteiger partial charge on any atom is -0.465 e. The molecule has 19 heavy (non-hydrogen) atoms. The molecule has 1 rings (SSSR count). The molecule has 0 saturated carbocycles. The highest BCUT2D eigenvalue weighted by atomic mass is 79.9. The molecule has 0 fully saturated rings. The first-order valence-corrected chi connectivity index (χ1v) is 6.84. The van der Waals surface area contributed by atoms with Gasteiger partial charge in [0.05, 0.1) is 11.5 Å². The lowest BCUT2D eigenvalue weighted by Gasteiger charge is -2.13. The zero-order valence-corrected chi connectivity index (χ0v) is 12.7. The number of nitro benzene ring substituents is 1. The van der Waals surface area contributed by atoms with Crippen molar-refractivity contribution in [1.82, 2.24) is 0 Å². The monoisotopic (exact) mass is 329 g/mol. The third-order valence-electron chi connectivity index (χ3n) is 2.93. The highest BCUT2D eigenvalue weighted by molar-refractivity contribution is 9.10. The van der Waals surface area contributed by atoms with E-state index in [0.29, 0.717) is 18.6 Å². The molecule has 0 bridgehead atoms. The Bertz CT molecular complexity index is 502. The number of benzene rings is 1. The van der Waals surface area contributed by atoms with E-state index in [9.17, 15) is 14.9 Å². The van der Waals surface area contributed by atoms with Gasteiger partial charge in [-0.15, -0.1) is 0 Å². The summed E-state index contributed by atoms with van der Waals surface area (Å²) in [5.74, 6) is -0.354. The molecule has 6 heteroatoms. The fourth-order valence-corrected chi connectivity index (χ4v) is 2.34. The Hall–Kier alpha value is -1.43. The van der Waals surface area contributed by atoms with Crippen LogP contribution in [0.3, 0.4) is 0 Å². The molecule has 1 unspecified atom stereocenters. The van der Waals surface area contributed by atoms with Crippen molar-refractivity contribution in [3.8, 4) is 0 Å². The summed E-state index contributed by atoms with van der Waals surface area (Å²) in [5.41, 5.74) is 2.41. The van der Waals surface area contributed by atoms with Crippen molar-refractivity contribution >= 4 is 27.6 Å². The molecule has 1 aromatic rings. The summed E-state index contributed by atoms with van der Waals surface area (Å²) in [7, 11) is 0. The summed E-state index contributed by atoms with van der Waals surface area (Å²) < 4.78 is 4.91. The number of hydrogen-bond acceptors (Lipinski definition) is 4. The number of carbonyl (C=O) groups excluding carboxylic acids is 1. The summed E-state index contributed by atoms with van der Waals surface area (Å²) in [4.78, 5) is 21.6. The van der Waals surface area contributed by atoms with Crippen molar-refractivity contribution in [3.05, 3.63) is 38.9 Å². The Morgan fingerprint density at radius 1 is 1.47 bits per heavy atom. The van der Waals surface area contributed by atoms with Crippen LogP contribution in [0.1, 0.15) is 23.6 Å². The molecule has 0 N–H and O–H groups in total. The number of rotatable bonds is 5. The van der Waals surface area contributed by atoms with E-state index in [1.807, 2.05) is 6.92 Å². The van der Waals surface area contributed by atoms with Crippen LogP contribution < -0.4 is 0 Å². The Morgan fingerprint density at radius 3 is 2.63 bits per heavy atom. The number of carbonyl (C=O) groups is 1. The summed E-state index contributed by atoms with van der Waals surface area (Å²) in [6, 6.07) is 3.19. The fraction of sp³-hybridized carbons (Fsp3) is 0.462.